The van der Waals surface area contributed by atoms with E-state index in [9.17, 15) is 18.8 Å². The van der Waals surface area contributed by atoms with Crippen LogP contribution in [0.15, 0.2) is 41.6 Å². The zero-order chi connectivity index (χ0) is 24.4. The lowest BCUT2D eigenvalue weighted by Crippen LogP contribution is -2.36. The molecule has 0 aliphatic carbocycles. The summed E-state index contributed by atoms with van der Waals surface area (Å²) in [5, 5.41) is 4.58. The number of aryl methyl sites for hydroxylation is 2. The van der Waals surface area contributed by atoms with E-state index in [1.807, 2.05) is 0 Å². The molecule has 0 N–H and O–H groups in total. The van der Waals surface area contributed by atoms with Crippen LogP contribution in [0, 0.1) is 12.7 Å². The fourth-order valence-electron chi connectivity index (χ4n) is 3.33. The Morgan fingerprint density at radius 2 is 1.97 bits per heavy atom. The summed E-state index contributed by atoms with van der Waals surface area (Å²) in [4.78, 5) is 48.7. The van der Waals surface area contributed by atoms with Gasteiger partial charge in [-0.05, 0) is 31.5 Å². The highest BCUT2D eigenvalue weighted by Gasteiger charge is 2.25. The van der Waals surface area contributed by atoms with Crippen LogP contribution in [-0.4, -0.2) is 42.8 Å². The molecule has 0 saturated carbocycles. The van der Waals surface area contributed by atoms with Crippen molar-refractivity contribution in [2.45, 2.75) is 26.9 Å². The number of benzene rings is 1. The van der Waals surface area contributed by atoms with Crippen LogP contribution in [-0.2, 0) is 29.7 Å². The molecular weight excluding hydrogens is 463 g/mol. The van der Waals surface area contributed by atoms with E-state index < -0.39 is 23.3 Å². The van der Waals surface area contributed by atoms with E-state index in [4.69, 9.17) is 4.74 Å². The highest BCUT2D eigenvalue weighted by atomic mass is 32.1. The Morgan fingerprint density at radius 3 is 2.68 bits per heavy atom. The van der Waals surface area contributed by atoms with Crippen molar-refractivity contribution >= 4 is 39.4 Å². The highest BCUT2D eigenvalue weighted by molar-refractivity contribution is 7.17. The molecule has 0 atom stereocenters. The van der Waals surface area contributed by atoms with Gasteiger partial charge in [-0.3, -0.25) is 23.7 Å². The summed E-state index contributed by atoms with van der Waals surface area (Å²) >= 11 is 1.02. The second kappa shape index (κ2) is 9.51. The quantitative estimate of drug-likeness (QED) is 0.370. The van der Waals surface area contributed by atoms with E-state index in [1.165, 1.54) is 38.8 Å². The Hall–Kier alpha value is -3.93. The van der Waals surface area contributed by atoms with Crippen molar-refractivity contribution < 1.29 is 18.7 Å². The van der Waals surface area contributed by atoms with Gasteiger partial charge in [0.25, 0.3) is 5.56 Å². The number of fused-ring (bicyclic) bond motifs is 1. The Bertz CT molecular complexity index is 1430. The molecule has 0 spiro atoms. The first kappa shape index (κ1) is 23.2. The number of carbonyl (C=O) groups excluding carboxylic acids is 2. The number of thiazole rings is 1. The predicted octanol–water partition coefficient (Wildman–Crippen LogP) is 2.44. The number of hydrogen-bond donors (Lipinski definition) is 0. The van der Waals surface area contributed by atoms with Crippen molar-refractivity contribution in [2.24, 2.45) is 7.05 Å². The molecule has 34 heavy (non-hydrogen) atoms. The fourth-order valence-corrected chi connectivity index (χ4v) is 4.31. The summed E-state index contributed by atoms with van der Waals surface area (Å²) in [5.74, 6) is -1.39. The summed E-state index contributed by atoms with van der Waals surface area (Å²) in [7, 11) is 1.67. The average Bonchev–Trinajstić information content (AvgIpc) is 3.38. The van der Waals surface area contributed by atoms with Gasteiger partial charge in [0.1, 0.15) is 29.0 Å². The largest absolute Gasteiger partial charge is 0.462 e. The van der Waals surface area contributed by atoms with Gasteiger partial charge in [0, 0.05) is 7.05 Å². The minimum atomic E-state index is -0.527. The predicted molar refractivity (Wildman–Crippen MR) is 123 cm³/mol. The zero-order valence-corrected chi connectivity index (χ0v) is 19.5. The van der Waals surface area contributed by atoms with Gasteiger partial charge in [0.05, 0.1) is 25.0 Å². The van der Waals surface area contributed by atoms with Crippen molar-refractivity contribution in [2.75, 3.05) is 11.5 Å². The monoisotopic (exact) mass is 484 g/mol. The smallest absolute Gasteiger partial charge is 0.350 e. The third kappa shape index (κ3) is 4.57. The topological polar surface area (TPSA) is 112 Å². The molecule has 0 unspecified atom stereocenters. The molecule has 4 aromatic rings. The van der Waals surface area contributed by atoms with Gasteiger partial charge < -0.3 is 4.74 Å². The number of nitrogens with zero attached hydrogens (tertiary/aromatic N) is 6. The molecule has 1 amide bonds. The molecule has 0 aliphatic rings. The second-order valence-corrected chi connectivity index (χ2v) is 8.40. The minimum Gasteiger partial charge on any atom is -0.462 e. The zero-order valence-electron chi connectivity index (χ0n) is 18.7. The number of anilines is 1. The van der Waals surface area contributed by atoms with E-state index in [1.54, 1.807) is 33.0 Å². The molecule has 176 valence electrons. The highest BCUT2D eigenvalue weighted by Crippen LogP contribution is 2.28. The Balaban J connectivity index is 1.69. The van der Waals surface area contributed by atoms with Crippen LogP contribution in [0.5, 0.6) is 0 Å². The molecule has 0 aliphatic heterocycles. The first-order valence-corrected chi connectivity index (χ1v) is 11.2. The van der Waals surface area contributed by atoms with E-state index in [0.717, 1.165) is 11.3 Å². The molecule has 3 aromatic heterocycles. The number of ether oxygens (including phenoxy) is 1. The Kier molecular flexibility index (Phi) is 6.50. The minimum absolute atomic E-state index is 0.0612. The fraction of sp³-hybridized carbons (Fsp3) is 0.273. The third-order valence-corrected chi connectivity index (χ3v) is 6.22. The maximum Gasteiger partial charge on any atom is 0.350 e. The molecule has 12 heteroatoms. The summed E-state index contributed by atoms with van der Waals surface area (Å²) in [5.41, 5.74) is 1.07. The van der Waals surface area contributed by atoms with Gasteiger partial charge in [0.15, 0.2) is 10.8 Å². The van der Waals surface area contributed by atoms with E-state index in [-0.39, 0.29) is 35.1 Å². The van der Waals surface area contributed by atoms with Crippen molar-refractivity contribution in [1.82, 2.24) is 24.3 Å². The summed E-state index contributed by atoms with van der Waals surface area (Å²) in [6.07, 6.45) is 2.69. The van der Waals surface area contributed by atoms with Crippen LogP contribution in [0.3, 0.4) is 0 Å². The lowest BCUT2D eigenvalue weighted by Gasteiger charge is -2.20. The Morgan fingerprint density at radius 1 is 1.24 bits per heavy atom. The van der Waals surface area contributed by atoms with Crippen molar-refractivity contribution in [3.8, 4) is 0 Å². The molecule has 0 saturated heterocycles. The molecule has 0 radical (unpaired) electrons. The summed E-state index contributed by atoms with van der Waals surface area (Å²) in [6.45, 7) is 3.30. The molecule has 0 fully saturated rings. The van der Waals surface area contributed by atoms with Crippen LogP contribution in [0.2, 0.25) is 0 Å². The number of hydrogen-bond acceptors (Lipinski definition) is 8. The maximum absolute atomic E-state index is 13.4. The first-order chi connectivity index (χ1) is 16.3. The number of amides is 1. The lowest BCUT2D eigenvalue weighted by molar-refractivity contribution is -0.119. The standard InChI is InChI=1S/C22H21FN6O4S/c1-4-33-21(32)18-13(2)26-22(34-18)29(10-14-5-7-15(23)8-6-14)17(30)11-28-12-24-19-16(20(28)31)9-25-27(19)3/h5-9,12H,4,10-11H2,1-3H3. The molecular formula is C22H21FN6O4S. The third-order valence-electron chi connectivity index (χ3n) is 5.06. The number of aromatic nitrogens is 5. The average molecular weight is 485 g/mol. The van der Waals surface area contributed by atoms with Crippen molar-refractivity contribution in [3.05, 3.63) is 69.1 Å². The van der Waals surface area contributed by atoms with Crippen LogP contribution in [0.25, 0.3) is 11.0 Å². The van der Waals surface area contributed by atoms with Crippen molar-refractivity contribution in [1.29, 1.82) is 0 Å². The van der Waals surface area contributed by atoms with Gasteiger partial charge in [-0.15, -0.1) is 0 Å². The molecule has 4 rings (SSSR count). The number of rotatable bonds is 7. The van der Waals surface area contributed by atoms with Crippen LogP contribution in [0.1, 0.15) is 27.9 Å². The Labute approximate surface area is 197 Å². The second-order valence-electron chi connectivity index (χ2n) is 7.42. The van der Waals surface area contributed by atoms with E-state index >= 15 is 0 Å². The summed E-state index contributed by atoms with van der Waals surface area (Å²) in [6, 6.07) is 5.69. The van der Waals surface area contributed by atoms with Crippen LogP contribution < -0.4 is 10.5 Å². The summed E-state index contributed by atoms with van der Waals surface area (Å²) < 4.78 is 21.1. The molecule has 0 bridgehead atoms. The lowest BCUT2D eigenvalue weighted by atomic mass is 10.2. The normalized spacial score (nSPS) is 11.1. The number of halogens is 1. The van der Waals surface area contributed by atoms with Gasteiger partial charge in [-0.25, -0.2) is 19.2 Å². The van der Waals surface area contributed by atoms with Gasteiger partial charge >= 0.3 is 5.97 Å². The van der Waals surface area contributed by atoms with E-state index in [2.05, 4.69) is 15.1 Å². The van der Waals surface area contributed by atoms with Crippen LogP contribution >= 0.6 is 11.3 Å². The SMILES string of the molecule is CCOC(=O)c1sc(N(Cc2ccc(F)cc2)C(=O)Cn2cnc3c(cnn3C)c2=O)nc1C. The number of carbonyl (C=O) groups is 2. The first-order valence-electron chi connectivity index (χ1n) is 10.3. The number of esters is 1. The maximum atomic E-state index is 13.4. The van der Waals surface area contributed by atoms with Gasteiger partial charge in [-0.2, -0.15) is 5.10 Å². The molecule has 3 heterocycles. The molecule has 10 nitrogen and oxygen atoms in total. The van der Waals surface area contributed by atoms with Gasteiger partial charge in [0.2, 0.25) is 5.91 Å². The van der Waals surface area contributed by atoms with Crippen molar-refractivity contribution in [3.63, 3.8) is 0 Å². The van der Waals surface area contributed by atoms with Crippen LogP contribution in [0.4, 0.5) is 9.52 Å². The van der Waals surface area contributed by atoms with E-state index in [0.29, 0.717) is 16.9 Å². The molecule has 1 aromatic carbocycles. The van der Waals surface area contributed by atoms with Gasteiger partial charge in [-0.1, -0.05) is 23.5 Å².